The Balaban J connectivity index is 1.16. The molecular formula is C33H34N4O4. The highest BCUT2D eigenvalue weighted by atomic mass is 16.3. The minimum absolute atomic E-state index is 0.0116. The normalized spacial score (nSPS) is 22.0. The average Bonchev–Trinajstić information content (AvgIpc) is 3.46. The maximum Gasteiger partial charge on any atom is 0.256 e. The van der Waals surface area contributed by atoms with Gasteiger partial charge in [-0.05, 0) is 67.4 Å². The molecule has 1 atom stereocenters. The number of piperidine rings is 1. The third kappa shape index (κ3) is 4.65. The maximum absolute atomic E-state index is 14.1. The minimum Gasteiger partial charge on any atom is -0.464 e. The zero-order chi connectivity index (χ0) is 28.1. The fourth-order valence-electron chi connectivity index (χ4n) is 6.57. The Morgan fingerprint density at radius 1 is 0.951 bits per heavy atom. The second-order valence-electron chi connectivity index (χ2n) is 11.9. The largest absolute Gasteiger partial charge is 0.464 e. The molecule has 3 aliphatic heterocycles. The molecule has 3 fully saturated rings. The lowest BCUT2D eigenvalue weighted by molar-refractivity contribution is -0.136. The zero-order valence-corrected chi connectivity index (χ0v) is 23.1. The van der Waals surface area contributed by atoms with E-state index >= 15 is 0 Å². The number of amides is 3. The van der Waals surface area contributed by atoms with E-state index < -0.39 is 5.54 Å². The summed E-state index contributed by atoms with van der Waals surface area (Å²) in [6.07, 6.45) is 6.89. The second kappa shape index (κ2) is 10.0. The van der Waals surface area contributed by atoms with Gasteiger partial charge in [0.25, 0.3) is 5.91 Å². The first-order valence-electron chi connectivity index (χ1n) is 14.6. The molecule has 1 spiro atoms. The molecule has 1 aliphatic carbocycles. The van der Waals surface area contributed by atoms with Gasteiger partial charge in [0.15, 0.2) is 0 Å². The van der Waals surface area contributed by atoms with Crippen LogP contribution in [0.15, 0.2) is 76.9 Å². The highest BCUT2D eigenvalue weighted by molar-refractivity contribution is 6.15. The van der Waals surface area contributed by atoms with Gasteiger partial charge in [0.2, 0.25) is 11.8 Å². The zero-order valence-electron chi connectivity index (χ0n) is 23.1. The van der Waals surface area contributed by atoms with E-state index in [0.717, 1.165) is 53.5 Å². The summed E-state index contributed by atoms with van der Waals surface area (Å²) in [4.78, 5) is 49.7. The molecule has 4 heterocycles. The summed E-state index contributed by atoms with van der Waals surface area (Å²) in [5, 5.41) is 1.07. The topological polar surface area (TPSA) is 86.4 Å². The summed E-state index contributed by atoms with van der Waals surface area (Å²) in [5.41, 5.74) is 2.99. The molecule has 4 aliphatic rings. The van der Waals surface area contributed by atoms with E-state index in [4.69, 9.17) is 9.41 Å². The van der Waals surface area contributed by atoms with E-state index in [9.17, 15) is 14.4 Å². The maximum atomic E-state index is 14.1. The fourth-order valence-corrected chi connectivity index (χ4v) is 6.57. The van der Waals surface area contributed by atoms with Gasteiger partial charge in [-0.1, -0.05) is 43.0 Å². The molecule has 0 bridgehead atoms. The van der Waals surface area contributed by atoms with Crippen LogP contribution in [-0.2, 0) is 14.4 Å². The second-order valence-corrected chi connectivity index (χ2v) is 11.9. The average molecular weight is 551 g/mol. The number of amidine groups is 1. The van der Waals surface area contributed by atoms with E-state index in [1.54, 1.807) is 11.2 Å². The van der Waals surface area contributed by atoms with Crippen molar-refractivity contribution in [3.05, 3.63) is 73.0 Å². The predicted molar refractivity (Wildman–Crippen MR) is 156 cm³/mol. The number of nitrogens with zero attached hydrogens (tertiary/aromatic N) is 4. The van der Waals surface area contributed by atoms with Crippen molar-refractivity contribution < 1.29 is 18.8 Å². The van der Waals surface area contributed by atoms with Crippen molar-refractivity contribution in [3.63, 3.8) is 0 Å². The third-order valence-corrected chi connectivity index (χ3v) is 9.19. The van der Waals surface area contributed by atoms with Crippen LogP contribution in [0.5, 0.6) is 0 Å². The molecule has 0 N–H and O–H groups in total. The Hall–Kier alpha value is -4.20. The van der Waals surface area contributed by atoms with Crippen LogP contribution >= 0.6 is 0 Å². The van der Waals surface area contributed by atoms with Crippen molar-refractivity contribution in [2.45, 2.75) is 37.6 Å². The highest BCUT2D eigenvalue weighted by Gasteiger charge is 2.51. The number of aliphatic imine (C=N–C) groups is 1. The summed E-state index contributed by atoms with van der Waals surface area (Å²) in [6.45, 7) is 6.55. The molecule has 3 aromatic rings. The molecule has 2 saturated heterocycles. The van der Waals surface area contributed by atoms with Gasteiger partial charge in [0.05, 0.1) is 6.26 Å². The Morgan fingerprint density at radius 2 is 1.68 bits per heavy atom. The molecule has 1 saturated carbocycles. The van der Waals surface area contributed by atoms with Gasteiger partial charge in [-0.25, -0.2) is 0 Å². The van der Waals surface area contributed by atoms with Crippen molar-refractivity contribution in [2.24, 2.45) is 16.8 Å². The molecule has 8 heteroatoms. The van der Waals surface area contributed by atoms with E-state index in [0.29, 0.717) is 44.9 Å². The van der Waals surface area contributed by atoms with Gasteiger partial charge in [-0.3, -0.25) is 24.3 Å². The SMILES string of the molecule is C=CC(=O)N1CCC2(CC1)N=C(c1ccc(-c3ccc4ccoc4c3)cc1)N(C[C@@H]1CCN(C(=O)C3CC3)C1)C2=O. The Kier molecular flexibility index (Phi) is 6.29. The van der Waals surface area contributed by atoms with Crippen molar-refractivity contribution in [1.29, 1.82) is 0 Å². The number of benzene rings is 2. The summed E-state index contributed by atoms with van der Waals surface area (Å²) in [5.74, 6) is 1.28. The molecule has 210 valence electrons. The molecule has 41 heavy (non-hydrogen) atoms. The molecule has 3 amide bonds. The number of furan rings is 1. The highest BCUT2D eigenvalue weighted by Crippen LogP contribution is 2.38. The van der Waals surface area contributed by atoms with E-state index in [-0.39, 0.29) is 29.6 Å². The Bertz CT molecular complexity index is 1560. The lowest BCUT2D eigenvalue weighted by Gasteiger charge is -2.36. The Morgan fingerprint density at radius 3 is 2.41 bits per heavy atom. The molecular weight excluding hydrogens is 516 g/mol. The van der Waals surface area contributed by atoms with Gasteiger partial charge in [0.1, 0.15) is 17.0 Å². The van der Waals surface area contributed by atoms with Crippen LogP contribution < -0.4 is 0 Å². The number of hydrogen-bond acceptors (Lipinski definition) is 5. The third-order valence-electron chi connectivity index (χ3n) is 9.19. The first kappa shape index (κ1) is 25.7. The van der Waals surface area contributed by atoms with Crippen LogP contribution in [0.25, 0.3) is 22.1 Å². The fraction of sp³-hybridized carbons (Fsp3) is 0.394. The van der Waals surface area contributed by atoms with Gasteiger partial charge < -0.3 is 14.2 Å². The quantitative estimate of drug-likeness (QED) is 0.423. The first-order valence-corrected chi connectivity index (χ1v) is 14.6. The molecule has 0 unspecified atom stereocenters. The number of carbonyl (C=O) groups is 3. The van der Waals surface area contributed by atoms with E-state index in [2.05, 4.69) is 30.8 Å². The summed E-state index contributed by atoms with van der Waals surface area (Å²) >= 11 is 0. The number of likely N-dealkylation sites (tertiary alicyclic amines) is 2. The van der Waals surface area contributed by atoms with Crippen LogP contribution in [-0.4, -0.2) is 76.5 Å². The van der Waals surface area contributed by atoms with E-state index in [1.165, 1.54) is 6.08 Å². The molecule has 7 rings (SSSR count). The first-order chi connectivity index (χ1) is 19.9. The van der Waals surface area contributed by atoms with E-state index in [1.807, 2.05) is 34.1 Å². The van der Waals surface area contributed by atoms with Gasteiger partial charge in [-0.2, -0.15) is 0 Å². The number of hydrogen-bond donors (Lipinski definition) is 0. The van der Waals surface area contributed by atoms with Gasteiger partial charge >= 0.3 is 0 Å². The van der Waals surface area contributed by atoms with Gasteiger partial charge in [0, 0.05) is 49.6 Å². The van der Waals surface area contributed by atoms with Crippen molar-refractivity contribution in [1.82, 2.24) is 14.7 Å². The van der Waals surface area contributed by atoms with Crippen LogP contribution in [0.4, 0.5) is 0 Å². The number of fused-ring (bicyclic) bond motifs is 1. The number of rotatable bonds is 6. The van der Waals surface area contributed by atoms with Crippen LogP contribution in [0.1, 0.15) is 37.7 Å². The monoisotopic (exact) mass is 550 g/mol. The molecule has 0 radical (unpaired) electrons. The standard InChI is InChI=1S/C33H34N4O4/c1-2-29(38)35-16-13-33(14-17-35)32(40)37(21-22-11-15-36(20-22)31(39)26-8-9-26)30(34-33)25-6-3-23(4-7-25)27-10-5-24-12-18-41-28(24)19-27/h2-7,10,12,18-19,22,26H,1,8-9,11,13-17,20-21H2/t22-/m1/s1. The van der Waals surface area contributed by atoms with Crippen LogP contribution in [0.2, 0.25) is 0 Å². The summed E-state index contributed by atoms with van der Waals surface area (Å²) in [7, 11) is 0. The summed E-state index contributed by atoms with van der Waals surface area (Å²) in [6, 6.07) is 16.3. The number of carbonyl (C=O) groups excluding carboxylic acids is 3. The lowest BCUT2D eigenvalue weighted by atomic mass is 9.87. The molecule has 8 nitrogen and oxygen atoms in total. The van der Waals surface area contributed by atoms with Gasteiger partial charge in [-0.15, -0.1) is 0 Å². The lowest BCUT2D eigenvalue weighted by Crippen LogP contribution is -2.51. The molecule has 2 aromatic carbocycles. The summed E-state index contributed by atoms with van der Waals surface area (Å²) < 4.78 is 5.59. The van der Waals surface area contributed by atoms with Crippen molar-refractivity contribution in [3.8, 4) is 11.1 Å². The smallest absolute Gasteiger partial charge is 0.256 e. The van der Waals surface area contributed by atoms with Crippen molar-refractivity contribution in [2.75, 3.05) is 32.7 Å². The van der Waals surface area contributed by atoms with Crippen molar-refractivity contribution >= 4 is 34.5 Å². The van der Waals surface area contributed by atoms with Crippen LogP contribution in [0.3, 0.4) is 0 Å². The molecule has 1 aromatic heterocycles. The minimum atomic E-state index is -0.863. The van der Waals surface area contributed by atoms with Crippen LogP contribution in [0, 0.1) is 11.8 Å². The predicted octanol–water partition coefficient (Wildman–Crippen LogP) is 4.49. The Labute approximate surface area is 239 Å².